The van der Waals surface area contributed by atoms with Crippen LogP contribution in [0.2, 0.25) is 0 Å². The van der Waals surface area contributed by atoms with E-state index in [9.17, 15) is 0 Å². The van der Waals surface area contributed by atoms with Crippen LogP contribution in [-0.4, -0.2) is 23.7 Å². The highest BCUT2D eigenvalue weighted by Gasteiger charge is 2.07. The molecule has 2 aromatic carbocycles. The van der Waals surface area contributed by atoms with Gasteiger partial charge in [0.05, 0.1) is 19.4 Å². The van der Waals surface area contributed by atoms with Gasteiger partial charge < -0.3 is 20.1 Å². The molecule has 0 saturated carbocycles. The molecule has 0 aliphatic rings. The molecule has 0 radical (unpaired) electrons. The topological polar surface area (TPSA) is 68.3 Å². The fraction of sp³-hybridized carbons (Fsp3) is 0.238. The van der Waals surface area contributed by atoms with Gasteiger partial charge in [0, 0.05) is 18.3 Å². The Hall–Kier alpha value is -3.28. The number of hydrogen-bond donors (Lipinski definition) is 2. The van der Waals surface area contributed by atoms with Crippen LogP contribution >= 0.6 is 0 Å². The number of aromatic nitrogens is 2. The van der Waals surface area contributed by atoms with Crippen LogP contribution in [0, 0.1) is 6.92 Å². The molecule has 0 atom stereocenters. The molecule has 3 rings (SSSR count). The SMILES string of the molecule is CCOc1ccccc1Nc1cc(C)nc(NCc2ccc(OC)cc2)n1. The lowest BCUT2D eigenvalue weighted by Gasteiger charge is -2.13. The van der Waals surface area contributed by atoms with Crippen LogP contribution in [0.1, 0.15) is 18.2 Å². The fourth-order valence-corrected chi connectivity index (χ4v) is 2.63. The van der Waals surface area contributed by atoms with Crippen molar-refractivity contribution in [3.63, 3.8) is 0 Å². The van der Waals surface area contributed by atoms with E-state index in [2.05, 4.69) is 20.6 Å². The smallest absolute Gasteiger partial charge is 0.225 e. The van der Waals surface area contributed by atoms with Gasteiger partial charge in [0.1, 0.15) is 17.3 Å². The standard InChI is InChI=1S/C21H24N4O2/c1-4-27-19-8-6-5-7-18(19)24-20-13-15(2)23-21(25-20)22-14-16-9-11-17(26-3)12-10-16/h5-13H,4,14H2,1-3H3,(H2,22,23,24,25). The minimum absolute atomic E-state index is 0.571. The molecule has 0 amide bonds. The van der Waals surface area contributed by atoms with E-state index in [0.29, 0.717) is 24.9 Å². The summed E-state index contributed by atoms with van der Waals surface area (Å²) < 4.78 is 10.8. The number of nitrogens with zero attached hydrogens (tertiary/aromatic N) is 2. The van der Waals surface area contributed by atoms with Gasteiger partial charge in [-0.1, -0.05) is 24.3 Å². The fourth-order valence-electron chi connectivity index (χ4n) is 2.63. The Labute approximate surface area is 159 Å². The summed E-state index contributed by atoms with van der Waals surface area (Å²) in [5, 5.41) is 6.59. The van der Waals surface area contributed by atoms with Crippen molar-refractivity contribution in [2.75, 3.05) is 24.4 Å². The summed E-state index contributed by atoms with van der Waals surface area (Å²) in [5.41, 5.74) is 2.87. The Kier molecular flexibility index (Phi) is 6.10. The lowest BCUT2D eigenvalue weighted by Crippen LogP contribution is -2.07. The van der Waals surface area contributed by atoms with E-state index in [1.807, 2.05) is 68.4 Å². The van der Waals surface area contributed by atoms with Gasteiger partial charge in [0.15, 0.2) is 0 Å². The van der Waals surface area contributed by atoms with Crippen molar-refractivity contribution in [3.8, 4) is 11.5 Å². The molecule has 0 unspecified atom stereocenters. The zero-order valence-corrected chi connectivity index (χ0v) is 15.8. The van der Waals surface area contributed by atoms with Crippen LogP contribution in [0.4, 0.5) is 17.5 Å². The number of benzene rings is 2. The molecule has 140 valence electrons. The maximum absolute atomic E-state index is 5.66. The molecule has 3 aromatic rings. The molecule has 6 heteroatoms. The summed E-state index contributed by atoms with van der Waals surface area (Å²) in [6, 6.07) is 17.6. The first kappa shape index (κ1) is 18.5. The molecule has 1 aromatic heterocycles. The molecule has 6 nitrogen and oxygen atoms in total. The number of aryl methyl sites for hydroxylation is 1. The van der Waals surface area contributed by atoms with Crippen molar-refractivity contribution in [1.29, 1.82) is 0 Å². The predicted octanol–water partition coefficient (Wildman–Crippen LogP) is 4.55. The maximum Gasteiger partial charge on any atom is 0.225 e. The monoisotopic (exact) mass is 364 g/mol. The van der Waals surface area contributed by atoms with Crippen LogP contribution in [0.15, 0.2) is 54.6 Å². The molecular weight excluding hydrogens is 340 g/mol. The van der Waals surface area contributed by atoms with Gasteiger partial charge in [-0.3, -0.25) is 0 Å². The molecular formula is C21H24N4O2. The van der Waals surface area contributed by atoms with Crippen LogP contribution in [-0.2, 0) is 6.54 Å². The first-order valence-corrected chi connectivity index (χ1v) is 8.89. The van der Waals surface area contributed by atoms with Crippen molar-refractivity contribution < 1.29 is 9.47 Å². The average molecular weight is 364 g/mol. The molecule has 27 heavy (non-hydrogen) atoms. The minimum atomic E-state index is 0.571. The molecule has 0 fully saturated rings. The summed E-state index contributed by atoms with van der Waals surface area (Å²) in [7, 11) is 1.66. The quantitative estimate of drug-likeness (QED) is 0.611. The number of nitrogens with one attached hydrogen (secondary N) is 2. The highest BCUT2D eigenvalue weighted by atomic mass is 16.5. The Morgan fingerprint density at radius 3 is 2.52 bits per heavy atom. The molecule has 2 N–H and O–H groups in total. The van der Waals surface area contributed by atoms with Gasteiger partial charge >= 0.3 is 0 Å². The zero-order valence-electron chi connectivity index (χ0n) is 15.8. The number of para-hydroxylation sites is 2. The number of methoxy groups -OCH3 is 1. The highest BCUT2D eigenvalue weighted by molar-refractivity contribution is 5.64. The van der Waals surface area contributed by atoms with Crippen molar-refractivity contribution >= 4 is 17.5 Å². The van der Waals surface area contributed by atoms with Crippen LogP contribution in [0.25, 0.3) is 0 Å². The average Bonchev–Trinajstić information content (AvgIpc) is 2.68. The lowest BCUT2D eigenvalue weighted by atomic mass is 10.2. The summed E-state index contributed by atoms with van der Waals surface area (Å²) in [5.74, 6) is 2.92. The Morgan fingerprint density at radius 2 is 1.78 bits per heavy atom. The number of hydrogen-bond acceptors (Lipinski definition) is 6. The van der Waals surface area contributed by atoms with Gasteiger partial charge in [0.2, 0.25) is 5.95 Å². The third-order valence-electron chi connectivity index (χ3n) is 3.91. The third kappa shape index (κ3) is 5.10. The molecule has 0 aliphatic carbocycles. The minimum Gasteiger partial charge on any atom is -0.497 e. The Balaban J connectivity index is 1.72. The summed E-state index contributed by atoms with van der Waals surface area (Å²) in [6.45, 7) is 5.14. The maximum atomic E-state index is 5.66. The van der Waals surface area contributed by atoms with Gasteiger partial charge in [-0.25, -0.2) is 4.98 Å². The van der Waals surface area contributed by atoms with Crippen LogP contribution in [0.5, 0.6) is 11.5 Å². The van der Waals surface area contributed by atoms with Gasteiger partial charge in [-0.15, -0.1) is 0 Å². The predicted molar refractivity (Wildman–Crippen MR) is 108 cm³/mol. The lowest BCUT2D eigenvalue weighted by molar-refractivity contribution is 0.342. The number of anilines is 3. The second kappa shape index (κ2) is 8.89. The van der Waals surface area contributed by atoms with Crippen molar-refractivity contribution in [3.05, 3.63) is 65.9 Å². The zero-order chi connectivity index (χ0) is 19.1. The van der Waals surface area contributed by atoms with E-state index in [1.54, 1.807) is 7.11 Å². The van der Waals surface area contributed by atoms with E-state index >= 15 is 0 Å². The van der Waals surface area contributed by atoms with Crippen LogP contribution in [0.3, 0.4) is 0 Å². The molecule has 0 spiro atoms. The van der Waals surface area contributed by atoms with E-state index in [-0.39, 0.29) is 0 Å². The molecule has 0 saturated heterocycles. The first-order chi connectivity index (χ1) is 13.2. The van der Waals surface area contributed by atoms with Crippen molar-refractivity contribution in [1.82, 2.24) is 9.97 Å². The first-order valence-electron chi connectivity index (χ1n) is 8.89. The van der Waals surface area contributed by atoms with Gasteiger partial charge in [-0.05, 0) is 43.7 Å². The second-order valence-corrected chi connectivity index (χ2v) is 5.97. The molecule has 0 aliphatic heterocycles. The van der Waals surface area contributed by atoms with E-state index in [4.69, 9.17) is 9.47 Å². The normalized spacial score (nSPS) is 10.3. The number of ether oxygens (including phenoxy) is 2. The van der Waals surface area contributed by atoms with Crippen LogP contribution < -0.4 is 20.1 Å². The van der Waals surface area contributed by atoms with E-state index in [1.165, 1.54) is 0 Å². The third-order valence-corrected chi connectivity index (χ3v) is 3.91. The Morgan fingerprint density at radius 1 is 1.00 bits per heavy atom. The second-order valence-electron chi connectivity index (χ2n) is 5.97. The van der Waals surface area contributed by atoms with E-state index in [0.717, 1.165) is 28.4 Å². The highest BCUT2D eigenvalue weighted by Crippen LogP contribution is 2.27. The van der Waals surface area contributed by atoms with Crippen molar-refractivity contribution in [2.45, 2.75) is 20.4 Å². The molecule has 1 heterocycles. The summed E-state index contributed by atoms with van der Waals surface area (Å²) in [6.07, 6.45) is 0. The van der Waals surface area contributed by atoms with Gasteiger partial charge in [-0.2, -0.15) is 4.98 Å². The summed E-state index contributed by atoms with van der Waals surface area (Å²) >= 11 is 0. The molecule has 0 bridgehead atoms. The number of rotatable bonds is 8. The summed E-state index contributed by atoms with van der Waals surface area (Å²) in [4.78, 5) is 9.03. The van der Waals surface area contributed by atoms with E-state index < -0.39 is 0 Å². The van der Waals surface area contributed by atoms with Gasteiger partial charge in [0.25, 0.3) is 0 Å². The largest absolute Gasteiger partial charge is 0.497 e. The Bertz CT molecular complexity index is 882. The van der Waals surface area contributed by atoms with Crippen molar-refractivity contribution in [2.24, 2.45) is 0 Å².